The van der Waals surface area contributed by atoms with E-state index in [2.05, 4.69) is 12.2 Å². The molecule has 3 rings (SSSR count). The highest BCUT2D eigenvalue weighted by molar-refractivity contribution is 8.00. The summed E-state index contributed by atoms with van der Waals surface area (Å²) in [5.41, 5.74) is 1.36. The van der Waals surface area contributed by atoms with Gasteiger partial charge in [-0.05, 0) is 31.0 Å². The summed E-state index contributed by atoms with van der Waals surface area (Å²) >= 11 is 1.35. The number of amides is 2. The van der Waals surface area contributed by atoms with E-state index in [1.165, 1.54) is 22.7 Å². The van der Waals surface area contributed by atoms with Crippen LogP contribution in [0.25, 0.3) is 0 Å². The summed E-state index contributed by atoms with van der Waals surface area (Å²) in [5, 5.41) is 2.50. The van der Waals surface area contributed by atoms with Crippen molar-refractivity contribution in [1.29, 1.82) is 0 Å². The number of nitrogens with one attached hydrogen (secondary N) is 1. The molecule has 0 radical (unpaired) electrons. The Morgan fingerprint density at radius 1 is 1.23 bits per heavy atom. The Balaban J connectivity index is 1.90. The molecule has 0 saturated carbocycles. The van der Waals surface area contributed by atoms with Gasteiger partial charge < -0.3 is 5.32 Å². The lowest BCUT2D eigenvalue weighted by Gasteiger charge is -2.27. The maximum Gasteiger partial charge on any atom is 0.238 e. The Morgan fingerprint density at radius 3 is 2.70 bits per heavy atom. The summed E-state index contributed by atoms with van der Waals surface area (Å²) < 4.78 is 27.8. The number of hydrogen-bond acceptors (Lipinski definition) is 3. The number of unbranched alkanes of at least 4 members (excludes halogenated alkanes) is 1. The molecule has 0 unspecified atom stereocenters. The minimum absolute atomic E-state index is 0.0342. The molecule has 2 atom stereocenters. The van der Waals surface area contributed by atoms with Crippen LogP contribution in [-0.2, 0) is 9.59 Å². The third-order valence-electron chi connectivity index (χ3n) is 5.29. The maximum absolute atomic E-state index is 14.4. The van der Waals surface area contributed by atoms with Crippen molar-refractivity contribution in [2.24, 2.45) is 5.92 Å². The van der Waals surface area contributed by atoms with Crippen LogP contribution >= 0.6 is 11.8 Å². The van der Waals surface area contributed by atoms with Gasteiger partial charge in [0.2, 0.25) is 11.8 Å². The monoisotopic (exact) mass is 432 g/mol. The van der Waals surface area contributed by atoms with Crippen molar-refractivity contribution in [3.63, 3.8) is 0 Å². The Hall–Kier alpha value is -2.41. The molecule has 1 aliphatic rings. The van der Waals surface area contributed by atoms with Crippen LogP contribution in [0.15, 0.2) is 42.5 Å². The Kier molecular flexibility index (Phi) is 7.48. The molecular weight excluding hydrogens is 406 g/mol. The van der Waals surface area contributed by atoms with Gasteiger partial charge in [-0.15, -0.1) is 11.8 Å². The van der Waals surface area contributed by atoms with Crippen molar-refractivity contribution in [2.75, 3.05) is 16.0 Å². The lowest BCUT2D eigenvalue weighted by molar-refractivity contribution is -0.120. The molecule has 1 heterocycles. The van der Waals surface area contributed by atoms with E-state index in [-0.39, 0.29) is 29.2 Å². The number of nitrogens with zero attached hydrogens (tertiary/aromatic N) is 1. The zero-order valence-electron chi connectivity index (χ0n) is 17.2. The normalized spacial score (nSPS) is 17.3. The van der Waals surface area contributed by atoms with Crippen molar-refractivity contribution >= 4 is 35.0 Å². The molecule has 2 aromatic carbocycles. The zero-order chi connectivity index (χ0) is 21.7. The van der Waals surface area contributed by atoms with Crippen molar-refractivity contribution in [3.05, 3.63) is 59.7 Å². The highest BCUT2D eigenvalue weighted by atomic mass is 32.2. The largest absolute Gasteiger partial charge is 0.325 e. The molecule has 0 spiro atoms. The summed E-state index contributed by atoms with van der Waals surface area (Å²) in [4.78, 5) is 26.7. The van der Waals surface area contributed by atoms with Gasteiger partial charge in [-0.25, -0.2) is 8.78 Å². The van der Waals surface area contributed by atoms with E-state index < -0.39 is 17.0 Å². The lowest BCUT2D eigenvalue weighted by atomic mass is 9.98. The Morgan fingerprint density at radius 2 is 2.00 bits per heavy atom. The van der Waals surface area contributed by atoms with Crippen LogP contribution in [0.5, 0.6) is 0 Å². The smallest absolute Gasteiger partial charge is 0.238 e. The number of thioether (sulfide) groups is 1. The number of carbonyl (C=O) groups excluding carboxylic acids is 2. The number of anilines is 2. The molecule has 0 aromatic heterocycles. The van der Waals surface area contributed by atoms with E-state index in [9.17, 15) is 18.4 Å². The summed E-state index contributed by atoms with van der Waals surface area (Å²) in [6.45, 7) is 4.09. The average Bonchev–Trinajstić information content (AvgIpc) is 3.10. The quantitative estimate of drug-likeness (QED) is 0.565. The van der Waals surface area contributed by atoms with E-state index in [1.807, 2.05) is 25.1 Å². The van der Waals surface area contributed by atoms with E-state index in [4.69, 9.17) is 0 Å². The minimum Gasteiger partial charge on any atom is -0.325 e. The predicted octanol–water partition coefficient (Wildman–Crippen LogP) is 5.90. The zero-order valence-corrected chi connectivity index (χ0v) is 18.0. The number of benzene rings is 2. The van der Waals surface area contributed by atoms with Crippen molar-refractivity contribution < 1.29 is 18.4 Å². The second-order valence-electron chi connectivity index (χ2n) is 7.35. The molecule has 7 heteroatoms. The van der Waals surface area contributed by atoms with Crippen molar-refractivity contribution in [3.8, 4) is 0 Å². The number of halogens is 2. The van der Waals surface area contributed by atoms with Gasteiger partial charge in [0, 0.05) is 23.2 Å². The summed E-state index contributed by atoms with van der Waals surface area (Å²) in [6.07, 6.45) is 3.58. The molecule has 0 bridgehead atoms. The van der Waals surface area contributed by atoms with Crippen LogP contribution in [0.4, 0.5) is 20.2 Å². The van der Waals surface area contributed by atoms with Crippen molar-refractivity contribution in [2.45, 2.75) is 44.9 Å². The molecular formula is C23H26F2N2O2S. The van der Waals surface area contributed by atoms with Gasteiger partial charge >= 0.3 is 0 Å². The highest BCUT2D eigenvalue weighted by Crippen LogP contribution is 2.45. The molecule has 160 valence electrons. The first-order valence-electron chi connectivity index (χ1n) is 10.2. The van der Waals surface area contributed by atoms with Crippen LogP contribution in [0, 0.1) is 17.6 Å². The van der Waals surface area contributed by atoms with Gasteiger partial charge in [-0.1, -0.05) is 44.9 Å². The van der Waals surface area contributed by atoms with Crippen molar-refractivity contribution in [1.82, 2.24) is 0 Å². The van der Waals surface area contributed by atoms with Gasteiger partial charge in [0.1, 0.15) is 17.0 Å². The second-order valence-corrected chi connectivity index (χ2v) is 8.42. The van der Waals surface area contributed by atoms with E-state index >= 15 is 0 Å². The molecule has 1 N–H and O–H groups in total. The minimum atomic E-state index is -0.789. The van der Waals surface area contributed by atoms with Crippen LogP contribution in [0.1, 0.15) is 50.5 Å². The first kappa shape index (κ1) is 22.3. The topological polar surface area (TPSA) is 49.4 Å². The first-order valence-corrected chi connectivity index (χ1v) is 11.3. The van der Waals surface area contributed by atoms with Gasteiger partial charge in [0.25, 0.3) is 0 Å². The lowest BCUT2D eigenvalue weighted by Crippen LogP contribution is -2.30. The highest BCUT2D eigenvalue weighted by Gasteiger charge is 2.37. The number of carbonyl (C=O) groups is 2. The van der Waals surface area contributed by atoms with E-state index in [0.717, 1.165) is 43.4 Å². The molecule has 0 aliphatic carbocycles. The maximum atomic E-state index is 14.4. The van der Waals surface area contributed by atoms with Crippen LogP contribution in [0.3, 0.4) is 0 Å². The SMILES string of the molecule is CCCC[C@@H](CC)C(=O)Nc1ccccc1[C@H]1SCC(=O)N1c1ccc(F)cc1F. The fourth-order valence-corrected chi connectivity index (χ4v) is 4.83. The molecule has 2 amide bonds. The Labute approximate surface area is 180 Å². The third-order valence-corrected chi connectivity index (χ3v) is 6.49. The fraction of sp³-hybridized carbons (Fsp3) is 0.391. The predicted molar refractivity (Wildman–Crippen MR) is 117 cm³/mol. The van der Waals surface area contributed by atoms with E-state index in [1.54, 1.807) is 6.07 Å². The van der Waals surface area contributed by atoms with Gasteiger partial charge in [0.05, 0.1) is 11.4 Å². The van der Waals surface area contributed by atoms with Gasteiger partial charge in [-0.3, -0.25) is 14.5 Å². The summed E-state index contributed by atoms with van der Waals surface area (Å²) in [6, 6.07) is 10.4. The standard InChI is InChI=1S/C23H26F2N2O2S/c1-3-5-8-15(4-2)22(29)26-19-10-7-6-9-17(19)23-27(21(28)14-30-23)20-12-11-16(24)13-18(20)25/h6-7,9-13,15,23H,3-5,8,14H2,1-2H3,(H,26,29)/t15-,23-/m1/s1. The second kappa shape index (κ2) is 10.1. The van der Waals surface area contributed by atoms with Gasteiger partial charge in [0.15, 0.2) is 0 Å². The Bertz CT molecular complexity index is 922. The van der Waals surface area contributed by atoms with Crippen LogP contribution < -0.4 is 10.2 Å². The molecule has 2 aromatic rings. The summed E-state index contributed by atoms with van der Waals surface area (Å²) in [5.74, 6) is -1.70. The molecule has 4 nitrogen and oxygen atoms in total. The fourth-order valence-electron chi connectivity index (χ4n) is 3.62. The average molecular weight is 433 g/mol. The van der Waals surface area contributed by atoms with Crippen LogP contribution in [-0.4, -0.2) is 17.6 Å². The number of hydrogen-bond donors (Lipinski definition) is 1. The van der Waals surface area contributed by atoms with Crippen LogP contribution in [0.2, 0.25) is 0 Å². The molecule has 30 heavy (non-hydrogen) atoms. The number of para-hydroxylation sites is 1. The molecule has 1 fully saturated rings. The van der Waals surface area contributed by atoms with Gasteiger partial charge in [-0.2, -0.15) is 0 Å². The third kappa shape index (κ3) is 4.83. The summed E-state index contributed by atoms with van der Waals surface area (Å²) in [7, 11) is 0. The van der Waals surface area contributed by atoms with E-state index in [0.29, 0.717) is 5.69 Å². The molecule has 1 saturated heterocycles. The number of rotatable bonds is 8. The molecule has 1 aliphatic heterocycles. The first-order chi connectivity index (χ1) is 14.5.